The van der Waals surface area contributed by atoms with Gasteiger partial charge in [-0.05, 0) is 44.0 Å². The second kappa shape index (κ2) is 5.32. The molecule has 0 radical (unpaired) electrons. The number of benzene rings is 1. The SMILES string of the molecule is Fc1cccc(CC2(F)CCCNCC2)c1Cl. The Bertz CT molecular complexity index is 387. The summed E-state index contributed by atoms with van der Waals surface area (Å²) in [5.41, 5.74) is -0.697. The smallest absolute Gasteiger partial charge is 0.142 e. The van der Waals surface area contributed by atoms with Crippen molar-refractivity contribution in [3.8, 4) is 0 Å². The van der Waals surface area contributed by atoms with Crippen LogP contribution in [0.2, 0.25) is 5.02 Å². The Morgan fingerprint density at radius 1 is 1.29 bits per heavy atom. The van der Waals surface area contributed by atoms with Gasteiger partial charge < -0.3 is 5.32 Å². The average Bonchev–Trinajstić information content (AvgIpc) is 2.50. The Hall–Kier alpha value is -0.670. The summed E-state index contributed by atoms with van der Waals surface area (Å²) in [4.78, 5) is 0. The fraction of sp³-hybridized carbons (Fsp3) is 0.538. The lowest BCUT2D eigenvalue weighted by Crippen LogP contribution is -2.27. The van der Waals surface area contributed by atoms with Gasteiger partial charge in [-0.25, -0.2) is 8.78 Å². The molecule has 0 saturated carbocycles. The van der Waals surface area contributed by atoms with E-state index in [2.05, 4.69) is 5.32 Å². The quantitative estimate of drug-likeness (QED) is 0.857. The minimum Gasteiger partial charge on any atom is -0.317 e. The Morgan fingerprint density at radius 2 is 2.12 bits per heavy atom. The lowest BCUT2D eigenvalue weighted by atomic mass is 9.89. The van der Waals surface area contributed by atoms with Crippen molar-refractivity contribution in [1.29, 1.82) is 0 Å². The van der Waals surface area contributed by atoms with Crippen LogP contribution in [0.3, 0.4) is 0 Å². The van der Waals surface area contributed by atoms with Crippen molar-refractivity contribution in [3.05, 3.63) is 34.6 Å². The molecule has 0 spiro atoms. The summed E-state index contributed by atoms with van der Waals surface area (Å²) in [5.74, 6) is -0.473. The zero-order valence-corrected chi connectivity index (χ0v) is 10.4. The Morgan fingerprint density at radius 3 is 2.94 bits per heavy atom. The molecule has 1 aromatic carbocycles. The van der Waals surface area contributed by atoms with Crippen LogP contribution in [0.15, 0.2) is 18.2 Å². The van der Waals surface area contributed by atoms with Crippen LogP contribution in [-0.4, -0.2) is 18.8 Å². The van der Waals surface area contributed by atoms with Crippen LogP contribution in [0.25, 0.3) is 0 Å². The molecule has 1 heterocycles. The van der Waals surface area contributed by atoms with E-state index in [1.54, 1.807) is 12.1 Å². The third-order valence-corrected chi connectivity index (χ3v) is 3.69. The number of hydrogen-bond acceptors (Lipinski definition) is 1. The normalized spacial score (nSPS) is 25.6. The minimum atomic E-state index is -1.26. The van der Waals surface area contributed by atoms with E-state index in [-0.39, 0.29) is 11.4 Å². The first-order valence-corrected chi connectivity index (χ1v) is 6.31. The van der Waals surface area contributed by atoms with Crippen LogP contribution in [0, 0.1) is 5.82 Å². The fourth-order valence-corrected chi connectivity index (χ4v) is 2.49. The molecule has 17 heavy (non-hydrogen) atoms. The zero-order chi connectivity index (χ0) is 12.3. The molecule has 2 rings (SSSR count). The highest BCUT2D eigenvalue weighted by Gasteiger charge is 2.31. The van der Waals surface area contributed by atoms with Crippen molar-refractivity contribution in [2.75, 3.05) is 13.1 Å². The minimum absolute atomic E-state index is 0.0572. The number of rotatable bonds is 2. The van der Waals surface area contributed by atoms with E-state index < -0.39 is 11.5 Å². The summed E-state index contributed by atoms with van der Waals surface area (Å²) >= 11 is 5.86. The molecule has 0 amide bonds. The molecule has 1 saturated heterocycles. The monoisotopic (exact) mass is 259 g/mol. The van der Waals surface area contributed by atoms with Gasteiger partial charge >= 0.3 is 0 Å². The standard InChI is InChI=1S/C13H16ClF2N/c14-12-10(3-1-4-11(12)15)9-13(16)5-2-7-17-8-6-13/h1,3-4,17H,2,5-9H2. The largest absolute Gasteiger partial charge is 0.317 e. The highest BCUT2D eigenvalue weighted by Crippen LogP contribution is 2.32. The molecular formula is C13H16ClF2N. The van der Waals surface area contributed by atoms with Gasteiger partial charge in [0.15, 0.2) is 0 Å². The molecular weight excluding hydrogens is 244 g/mol. The van der Waals surface area contributed by atoms with E-state index in [9.17, 15) is 8.78 Å². The van der Waals surface area contributed by atoms with Gasteiger partial charge in [-0.3, -0.25) is 0 Å². The molecule has 1 fully saturated rings. The summed E-state index contributed by atoms with van der Waals surface area (Å²) in [7, 11) is 0. The van der Waals surface area contributed by atoms with Crippen molar-refractivity contribution < 1.29 is 8.78 Å². The first kappa shape index (κ1) is 12.8. The molecule has 1 atom stereocenters. The van der Waals surface area contributed by atoms with E-state index >= 15 is 0 Å². The number of alkyl halides is 1. The lowest BCUT2D eigenvalue weighted by Gasteiger charge is -2.23. The van der Waals surface area contributed by atoms with Gasteiger partial charge in [-0.2, -0.15) is 0 Å². The van der Waals surface area contributed by atoms with Gasteiger partial charge in [0.25, 0.3) is 0 Å². The summed E-state index contributed by atoms with van der Waals surface area (Å²) in [6.45, 7) is 1.52. The van der Waals surface area contributed by atoms with Crippen molar-refractivity contribution in [2.24, 2.45) is 0 Å². The Balaban J connectivity index is 2.15. The van der Waals surface area contributed by atoms with Gasteiger partial charge in [0.1, 0.15) is 11.5 Å². The fourth-order valence-electron chi connectivity index (χ4n) is 2.30. The highest BCUT2D eigenvalue weighted by molar-refractivity contribution is 6.31. The van der Waals surface area contributed by atoms with E-state index in [1.165, 1.54) is 6.07 Å². The summed E-state index contributed by atoms with van der Waals surface area (Å²) < 4.78 is 27.9. The lowest BCUT2D eigenvalue weighted by molar-refractivity contribution is 0.144. The first-order valence-electron chi connectivity index (χ1n) is 5.93. The maximum atomic E-state index is 14.6. The average molecular weight is 260 g/mol. The maximum absolute atomic E-state index is 14.6. The van der Waals surface area contributed by atoms with Crippen molar-refractivity contribution >= 4 is 11.6 Å². The van der Waals surface area contributed by atoms with Crippen molar-refractivity contribution in [3.63, 3.8) is 0 Å². The van der Waals surface area contributed by atoms with Gasteiger partial charge in [0.2, 0.25) is 0 Å². The van der Waals surface area contributed by atoms with E-state index in [0.717, 1.165) is 13.0 Å². The third-order valence-electron chi connectivity index (χ3n) is 3.27. The molecule has 1 unspecified atom stereocenters. The molecule has 1 aliphatic heterocycles. The molecule has 1 N–H and O–H groups in total. The van der Waals surface area contributed by atoms with Gasteiger partial charge in [-0.15, -0.1) is 0 Å². The Kier molecular flexibility index (Phi) is 4.00. The molecule has 4 heteroatoms. The topological polar surface area (TPSA) is 12.0 Å². The van der Waals surface area contributed by atoms with E-state index in [0.29, 0.717) is 24.9 Å². The molecule has 0 aromatic heterocycles. The zero-order valence-electron chi connectivity index (χ0n) is 9.61. The van der Waals surface area contributed by atoms with E-state index in [4.69, 9.17) is 11.6 Å². The van der Waals surface area contributed by atoms with Crippen molar-refractivity contribution in [2.45, 2.75) is 31.4 Å². The first-order chi connectivity index (χ1) is 8.11. The molecule has 0 bridgehead atoms. The predicted octanol–water partition coefficient (Wildman–Crippen LogP) is 3.50. The van der Waals surface area contributed by atoms with Crippen molar-refractivity contribution in [1.82, 2.24) is 5.32 Å². The van der Waals surface area contributed by atoms with Crippen LogP contribution < -0.4 is 5.32 Å². The molecule has 1 nitrogen and oxygen atoms in total. The third kappa shape index (κ3) is 3.17. The second-order valence-electron chi connectivity index (χ2n) is 4.64. The molecule has 1 aliphatic rings. The summed E-state index contributed by atoms with van der Waals surface area (Å²) in [5, 5.41) is 3.22. The molecule has 0 aliphatic carbocycles. The summed E-state index contributed by atoms with van der Waals surface area (Å²) in [6.07, 6.45) is 1.97. The number of halogens is 3. The second-order valence-corrected chi connectivity index (χ2v) is 5.02. The van der Waals surface area contributed by atoms with Crippen LogP contribution >= 0.6 is 11.6 Å². The van der Waals surface area contributed by atoms with Gasteiger partial charge in [0.05, 0.1) is 5.02 Å². The van der Waals surface area contributed by atoms with E-state index in [1.807, 2.05) is 0 Å². The van der Waals surface area contributed by atoms with Gasteiger partial charge in [0, 0.05) is 6.42 Å². The van der Waals surface area contributed by atoms with Crippen LogP contribution in [0.4, 0.5) is 8.78 Å². The number of nitrogens with one attached hydrogen (secondary N) is 1. The van der Waals surface area contributed by atoms with Crippen LogP contribution in [-0.2, 0) is 6.42 Å². The highest BCUT2D eigenvalue weighted by atomic mass is 35.5. The maximum Gasteiger partial charge on any atom is 0.142 e. The van der Waals surface area contributed by atoms with Crippen LogP contribution in [0.5, 0.6) is 0 Å². The van der Waals surface area contributed by atoms with Gasteiger partial charge in [-0.1, -0.05) is 23.7 Å². The predicted molar refractivity (Wildman–Crippen MR) is 65.7 cm³/mol. The number of hydrogen-bond donors (Lipinski definition) is 1. The van der Waals surface area contributed by atoms with Crippen LogP contribution in [0.1, 0.15) is 24.8 Å². The Labute approximate surface area is 105 Å². The summed E-state index contributed by atoms with van der Waals surface area (Å²) in [6, 6.07) is 4.57. The molecule has 94 valence electrons. The molecule has 1 aromatic rings.